The highest BCUT2D eigenvalue weighted by Crippen LogP contribution is 2.31. The summed E-state index contributed by atoms with van der Waals surface area (Å²) in [5, 5.41) is 18.8. The van der Waals surface area contributed by atoms with Crippen LogP contribution in [-0.4, -0.2) is 147 Å². The number of hydrogen-bond acceptors (Lipinski definition) is 16. The summed E-state index contributed by atoms with van der Waals surface area (Å²) in [5.41, 5.74) is 7.60. The van der Waals surface area contributed by atoms with Gasteiger partial charge in [-0.05, 0) is 127 Å². The van der Waals surface area contributed by atoms with Gasteiger partial charge in [0, 0.05) is 79.4 Å². The minimum Gasteiger partial charge on any atom is -0.493 e. The van der Waals surface area contributed by atoms with Gasteiger partial charge >= 0.3 is 0 Å². The Labute approximate surface area is 540 Å². The smallest absolute Gasteiger partial charge is 0.258 e. The molecule has 93 heavy (non-hydrogen) atoms. The van der Waals surface area contributed by atoms with Crippen molar-refractivity contribution < 1.29 is 28.2 Å². The molecule has 3 N–H and O–H groups in total. The molecular formula is C72H76FN15O5. The number of methoxy groups -OCH3 is 1. The van der Waals surface area contributed by atoms with Crippen molar-refractivity contribution in [2.45, 2.75) is 102 Å². The van der Waals surface area contributed by atoms with E-state index in [-0.39, 0.29) is 65.3 Å². The molecule has 0 aliphatic carbocycles. The maximum Gasteiger partial charge on any atom is 0.258 e. The first-order valence-electron chi connectivity index (χ1n) is 31.7. The lowest BCUT2D eigenvalue weighted by Gasteiger charge is -2.40. The van der Waals surface area contributed by atoms with E-state index in [1.807, 2.05) is 169 Å². The molecule has 3 amide bonds. The zero-order chi connectivity index (χ0) is 64.6. The van der Waals surface area contributed by atoms with E-state index in [1.54, 1.807) is 42.0 Å². The number of benzene rings is 6. The van der Waals surface area contributed by atoms with Crippen molar-refractivity contribution in [1.29, 1.82) is 0 Å². The zero-order valence-corrected chi connectivity index (χ0v) is 52.8. The van der Waals surface area contributed by atoms with Crippen molar-refractivity contribution in [2.75, 3.05) is 49.3 Å². The third-order valence-electron chi connectivity index (χ3n) is 17.2. The van der Waals surface area contributed by atoms with E-state index in [2.05, 4.69) is 64.9 Å². The highest BCUT2D eigenvalue weighted by atomic mass is 19.1. The molecule has 6 atom stereocenters. The van der Waals surface area contributed by atoms with Gasteiger partial charge in [0.2, 0.25) is 11.9 Å². The molecular weight excluding hydrogens is 1170 g/mol. The minimum absolute atomic E-state index is 0.0117. The van der Waals surface area contributed by atoms with Gasteiger partial charge in [-0.2, -0.15) is 15.0 Å². The predicted molar refractivity (Wildman–Crippen MR) is 358 cm³/mol. The summed E-state index contributed by atoms with van der Waals surface area (Å²) >= 11 is 0. The molecule has 0 unspecified atom stereocenters. The summed E-state index contributed by atoms with van der Waals surface area (Å²) in [5.74, 6) is 1.66. The molecule has 3 aliphatic rings. The van der Waals surface area contributed by atoms with Crippen LogP contribution in [0.25, 0.3) is 39.2 Å². The molecule has 3 fully saturated rings. The number of amides is 3. The maximum atomic E-state index is 14.1. The van der Waals surface area contributed by atoms with Gasteiger partial charge in [-0.25, -0.2) is 29.3 Å². The number of likely N-dealkylation sites (tertiary alicyclic amines) is 3. The number of carbonyl (C=O) groups is 3. The molecule has 21 heteroatoms. The molecule has 20 nitrogen and oxygen atoms in total. The first-order valence-corrected chi connectivity index (χ1v) is 31.7. The Morgan fingerprint density at radius 2 is 0.978 bits per heavy atom. The van der Waals surface area contributed by atoms with E-state index < -0.39 is 5.82 Å². The Morgan fingerprint density at radius 1 is 0.505 bits per heavy atom. The lowest BCUT2D eigenvalue weighted by molar-refractivity contribution is 0.0605. The van der Waals surface area contributed by atoms with Crippen LogP contribution in [0.5, 0.6) is 11.5 Å². The van der Waals surface area contributed by atoms with Gasteiger partial charge in [0.25, 0.3) is 17.7 Å². The van der Waals surface area contributed by atoms with E-state index in [1.165, 1.54) is 24.0 Å². The molecule has 0 bridgehead atoms. The summed E-state index contributed by atoms with van der Waals surface area (Å²) in [6, 6.07) is 50.9. The lowest BCUT2D eigenvalue weighted by atomic mass is 9.96. The third-order valence-corrected chi connectivity index (χ3v) is 17.2. The fourth-order valence-corrected chi connectivity index (χ4v) is 12.3. The molecule has 3 aliphatic heterocycles. The molecule has 13 rings (SSSR count). The van der Waals surface area contributed by atoms with Crippen molar-refractivity contribution >= 4 is 46.5 Å². The molecule has 3 saturated heterocycles. The first kappa shape index (κ1) is 63.9. The fraction of sp³-hybridized carbons (Fsp3) is 0.292. The standard InChI is InChI=1S/C25H25N7O.C24H25FN4O2.C23H26N4O2/c1-18-21(29-25-26-14-13-22(30-25)19-8-3-2-4-9-19)11-7-17-31(18)24(33)20-10-5-6-12-23(20)32-27-15-16-28-32;1-16-20(27-24-26-14-13-21(28-24)17-8-4-3-5-9-17)12-7-15-29(16)23(30)18-10-6-11-19(25)22(18)31-2;1-3-29-21-13-7-4-9-17(21)23(28)27-14-8-12-18(16(27)2)25-22-15-24-19-10-5-6-11-20(19)26-22/h2-6,8-10,12-16,18,21H,7,11,17H2,1H3,(H,26,29,30);3-6,8-11,13-14,16,20H,7,12,15H2,1-2H3,(H,26,27,28);4-7,9-11,13,15-16,18H,3,8,12,14H2,1-2H3,(H,25,26)/t18-,21-;16-,20-;16-,18-/m111/s1. The van der Waals surface area contributed by atoms with Crippen molar-refractivity contribution in [1.82, 2.24) is 59.6 Å². The van der Waals surface area contributed by atoms with E-state index >= 15 is 0 Å². The Hall–Kier alpha value is -10.7. The monoisotopic (exact) mass is 1250 g/mol. The van der Waals surface area contributed by atoms with Gasteiger partial charge in [-0.15, -0.1) is 0 Å². The predicted octanol–water partition coefficient (Wildman–Crippen LogP) is 12.4. The Morgan fingerprint density at radius 3 is 1.54 bits per heavy atom. The zero-order valence-electron chi connectivity index (χ0n) is 52.8. The van der Waals surface area contributed by atoms with Gasteiger partial charge < -0.3 is 40.1 Å². The van der Waals surface area contributed by atoms with Crippen molar-refractivity contribution in [2.24, 2.45) is 0 Å². The molecule has 10 aromatic rings. The summed E-state index contributed by atoms with van der Waals surface area (Å²) in [6.45, 7) is 10.6. The van der Waals surface area contributed by atoms with Crippen LogP contribution in [0.15, 0.2) is 195 Å². The second kappa shape index (κ2) is 30.4. The molecule has 0 radical (unpaired) electrons. The van der Waals surface area contributed by atoms with Crippen LogP contribution in [0, 0.1) is 5.82 Å². The average Bonchev–Trinajstić information content (AvgIpc) is 1.39. The number of nitrogens with zero attached hydrogens (tertiary/aromatic N) is 12. The molecule has 0 spiro atoms. The van der Waals surface area contributed by atoms with E-state index in [4.69, 9.17) is 14.5 Å². The second-order valence-corrected chi connectivity index (χ2v) is 23.0. The number of piperidine rings is 3. The molecule has 6 aromatic carbocycles. The Bertz CT molecular complexity index is 4130. The molecule has 0 saturated carbocycles. The number of hydrogen-bond donors (Lipinski definition) is 3. The molecule has 7 heterocycles. The van der Waals surface area contributed by atoms with E-state index in [0.29, 0.717) is 54.2 Å². The van der Waals surface area contributed by atoms with Crippen LogP contribution in [0.4, 0.5) is 22.1 Å². The number of halogens is 1. The molecule has 476 valence electrons. The summed E-state index contributed by atoms with van der Waals surface area (Å²) in [6.07, 6.45) is 13.9. The number of ether oxygens (including phenoxy) is 2. The Balaban J connectivity index is 0.000000143. The number of para-hydroxylation sites is 5. The quantitative estimate of drug-likeness (QED) is 0.0868. The van der Waals surface area contributed by atoms with Crippen molar-refractivity contribution in [3.8, 4) is 39.7 Å². The van der Waals surface area contributed by atoms with Gasteiger partial charge in [0.1, 0.15) is 11.6 Å². The van der Waals surface area contributed by atoms with Gasteiger partial charge in [0.15, 0.2) is 11.6 Å². The van der Waals surface area contributed by atoms with Crippen LogP contribution in [0.3, 0.4) is 0 Å². The minimum atomic E-state index is -0.543. The SMILES string of the molecule is CCOc1ccccc1C(=O)N1CCC[C@@H](Nc2cnc3ccccc3n2)[C@H]1C.COc1c(F)cccc1C(=O)N1CCC[C@@H](Nc2nccc(-c3ccccc3)n2)[C@H]1C.C[C@@H]1[C@H](Nc2nccc(-c3ccccc3)n2)CCCN1C(=O)c1ccccc1-n1nccn1. The van der Waals surface area contributed by atoms with Crippen molar-refractivity contribution in [3.05, 3.63) is 217 Å². The third kappa shape index (κ3) is 15.2. The number of aromatic nitrogens is 9. The number of anilines is 3. The van der Waals surface area contributed by atoms with Gasteiger partial charge in [0.05, 0.1) is 77.1 Å². The van der Waals surface area contributed by atoms with Gasteiger partial charge in [-0.3, -0.25) is 19.4 Å². The average molecular weight is 1250 g/mol. The van der Waals surface area contributed by atoms with Gasteiger partial charge in [-0.1, -0.05) is 103 Å². The lowest BCUT2D eigenvalue weighted by Crippen LogP contribution is -2.52. The fourth-order valence-electron chi connectivity index (χ4n) is 12.3. The van der Waals surface area contributed by atoms with Crippen LogP contribution >= 0.6 is 0 Å². The summed E-state index contributed by atoms with van der Waals surface area (Å²) < 4.78 is 24.9. The van der Waals surface area contributed by atoms with Crippen molar-refractivity contribution in [3.63, 3.8) is 0 Å². The van der Waals surface area contributed by atoms with E-state index in [9.17, 15) is 18.8 Å². The Kier molecular flexibility index (Phi) is 20.9. The second-order valence-electron chi connectivity index (χ2n) is 23.0. The normalized spacial score (nSPS) is 18.6. The highest BCUT2D eigenvalue weighted by molar-refractivity contribution is 5.99. The molecule has 4 aromatic heterocycles. The van der Waals surface area contributed by atoms with E-state index in [0.717, 1.165) is 84.4 Å². The van der Waals surface area contributed by atoms with Crippen LogP contribution in [0.1, 0.15) is 97.3 Å². The van der Waals surface area contributed by atoms with Crippen LogP contribution in [-0.2, 0) is 0 Å². The summed E-state index contributed by atoms with van der Waals surface area (Å²) in [4.78, 5) is 74.4. The number of nitrogens with one attached hydrogen (secondary N) is 3. The maximum absolute atomic E-state index is 14.1. The number of rotatable bonds is 15. The topological polar surface area (TPSA) is 224 Å². The first-order chi connectivity index (χ1) is 45.5. The number of fused-ring (bicyclic) bond motifs is 1. The number of carbonyl (C=O) groups excluding carboxylic acids is 3. The summed E-state index contributed by atoms with van der Waals surface area (Å²) in [7, 11) is 1.37. The van der Waals surface area contributed by atoms with Crippen LogP contribution in [0.2, 0.25) is 0 Å². The largest absolute Gasteiger partial charge is 0.493 e. The highest BCUT2D eigenvalue weighted by Gasteiger charge is 2.36. The van der Waals surface area contributed by atoms with Crippen LogP contribution < -0.4 is 25.4 Å².